The second-order valence-corrected chi connectivity index (χ2v) is 17.2. The van der Waals surface area contributed by atoms with E-state index in [2.05, 4.69) is 57.1 Å². The third-order valence-corrected chi connectivity index (χ3v) is 8.10. The Morgan fingerprint density at radius 1 is 1.00 bits per heavy atom. The minimum Gasteiger partial charge on any atom is -0.548 e. The SMILES string of the molecule is C[Si](C)(C)OC1=CC=C[SiH]1O[Si](C)(C)C. The molecule has 1 atom stereocenters. The van der Waals surface area contributed by atoms with Gasteiger partial charge in [0.2, 0.25) is 8.32 Å². The molecule has 1 aliphatic heterocycles. The Labute approximate surface area is 97.0 Å². The van der Waals surface area contributed by atoms with Gasteiger partial charge in [-0.2, -0.15) is 0 Å². The Morgan fingerprint density at radius 3 is 2.07 bits per heavy atom. The standard InChI is InChI=1S/C10H22O2Si3/c1-14(2,3)11-10-8-7-9-13(10)12-15(4,5)6/h7-9,13H,1-6H3. The predicted molar refractivity (Wildman–Crippen MR) is 73.2 cm³/mol. The lowest BCUT2D eigenvalue weighted by molar-refractivity contribution is 0.436. The Morgan fingerprint density at radius 2 is 1.60 bits per heavy atom. The van der Waals surface area contributed by atoms with Crippen LogP contribution >= 0.6 is 0 Å². The van der Waals surface area contributed by atoms with Gasteiger partial charge in [0, 0.05) is 0 Å². The van der Waals surface area contributed by atoms with Gasteiger partial charge < -0.3 is 8.54 Å². The number of allylic oxidation sites excluding steroid dienone is 2. The molecule has 0 bridgehead atoms. The van der Waals surface area contributed by atoms with Gasteiger partial charge in [0.25, 0.3) is 9.04 Å². The van der Waals surface area contributed by atoms with Gasteiger partial charge in [-0.15, -0.1) is 0 Å². The highest BCUT2D eigenvalue weighted by Gasteiger charge is 2.29. The maximum atomic E-state index is 6.18. The van der Waals surface area contributed by atoms with Crippen LogP contribution in [0.5, 0.6) is 0 Å². The third-order valence-electron chi connectivity index (χ3n) is 1.73. The van der Waals surface area contributed by atoms with Crippen LogP contribution in [0.4, 0.5) is 0 Å². The zero-order valence-corrected chi connectivity index (χ0v) is 13.8. The van der Waals surface area contributed by atoms with Gasteiger partial charge in [-0.1, -0.05) is 11.8 Å². The highest BCUT2D eigenvalue weighted by atomic mass is 28.4. The quantitative estimate of drug-likeness (QED) is 0.722. The van der Waals surface area contributed by atoms with Crippen LogP contribution in [0.25, 0.3) is 0 Å². The molecule has 5 heteroatoms. The molecule has 0 radical (unpaired) electrons. The van der Waals surface area contributed by atoms with Crippen molar-refractivity contribution in [2.24, 2.45) is 0 Å². The van der Waals surface area contributed by atoms with Gasteiger partial charge in [0.15, 0.2) is 8.32 Å². The topological polar surface area (TPSA) is 18.5 Å². The molecular formula is C10H22O2Si3. The van der Waals surface area contributed by atoms with Crippen LogP contribution < -0.4 is 0 Å². The number of hydrogen-bond donors (Lipinski definition) is 0. The molecule has 0 aromatic carbocycles. The smallest absolute Gasteiger partial charge is 0.259 e. The zero-order valence-electron chi connectivity index (χ0n) is 10.6. The van der Waals surface area contributed by atoms with Crippen molar-refractivity contribution in [3.05, 3.63) is 23.2 Å². The summed E-state index contributed by atoms with van der Waals surface area (Å²) >= 11 is 0. The van der Waals surface area contributed by atoms with Crippen molar-refractivity contribution in [3.8, 4) is 0 Å². The van der Waals surface area contributed by atoms with Gasteiger partial charge in [0.05, 0.1) is 5.38 Å². The van der Waals surface area contributed by atoms with Crippen LogP contribution in [0.1, 0.15) is 0 Å². The van der Waals surface area contributed by atoms with E-state index in [0.717, 1.165) is 5.38 Å². The lowest BCUT2D eigenvalue weighted by Crippen LogP contribution is -2.37. The first kappa shape index (κ1) is 13.0. The second kappa shape index (κ2) is 4.41. The maximum Gasteiger partial charge on any atom is 0.259 e. The minimum atomic E-state index is -1.48. The van der Waals surface area contributed by atoms with E-state index in [1.54, 1.807) is 0 Å². The summed E-state index contributed by atoms with van der Waals surface area (Å²) in [5.74, 6) is 0. The van der Waals surface area contributed by atoms with Crippen LogP contribution in [-0.4, -0.2) is 25.7 Å². The van der Waals surface area contributed by atoms with Crippen molar-refractivity contribution in [2.45, 2.75) is 39.3 Å². The Bertz CT molecular complexity index is 284. The fourth-order valence-electron chi connectivity index (χ4n) is 1.36. The molecule has 0 amide bonds. The molecule has 0 saturated carbocycles. The van der Waals surface area contributed by atoms with E-state index in [1.807, 2.05) is 0 Å². The fraction of sp³-hybridized carbons (Fsp3) is 0.600. The van der Waals surface area contributed by atoms with Crippen LogP contribution in [-0.2, 0) is 8.54 Å². The molecule has 1 heterocycles. The molecule has 0 aromatic heterocycles. The third kappa shape index (κ3) is 4.96. The van der Waals surface area contributed by atoms with E-state index >= 15 is 0 Å². The largest absolute Gasteiger partial charge is 0.548 e. The predicted octanol–water partition coefficient (Wildman–Crippen LogP) is 2.95. The second-order valence-electron chi connectivity index (χ2n) is 5.82. The van der Waals surface area contributed by atoms with Gasteiger partial charge in [0.1, 0.15) is 0 Å². The Kier molecular flexibility index (Phi) is 3.81. The molecule has 0 spiro atoms. The summed E-state index contributed by atoms with van der Waals surface area (Å²) in [6.07, 6.45) is 4.18. The van der Waals surface area contributed by atoms with E-state index in [4.69, 9.17) is 8.54 Å². The molecule has 0 fully saturated rings. The summed E-state index contributed by atoms with van der Waals surface area (Å²) in [4.78, 5) is 0. The van der Waals surface area contributed by atoms with E-state index in [-0.39, 0.29) is 0 Å². The normalized spacial score (nSPS) is 21.7. The van der Waals surface area contributed by atoms with Crippen LogP contribution in [0.2, 0.25) is 39.3 Å². The summed E-state index contributed by atoms with van der Waals surface area (Å²) in [7, 11) is -4.28. The average Bonchev–Trinajstić information content (AvgIpc) is 2.29. The van der Waals surface area contributed by atoms with Crippen LogP contribution in [0.3, 0.4) is 0 Å². The van der Waals surface area contributed by atoms with Gasteiger partial charge in [-0.25, -0.2) is 0 Å². The minimum absolute atomic E-state index is 1.14. The summed E-state index contributed by atoms with van der Waals surface area (Å²) in [6, 6.07) is 0. The van der Waals surface area contributed by atoms with E-state index in [0.29, 0.717) is 0 Å². The van der Waals surface area contributed by atoms with Gasteiger partial charge >= 0.3 is 0 Å². The molecule has 0 aliphatic carbocycles. The van der Waals surface area contributed by atoms with Crippen molar-refractivity contribution in [2.75, 3.05) is 0 Å². The Hall–Kier alpha value is -0.109. The average molecular weight is 259 g/mol. The molecule has 0 aromatic rings. The summed E-state index contributed by atoms with van der Waals surface area (Å²) in [5, 5.41) is 1.14. The number of rotatable bonds is 4. The molecule has 86 valence electrons. The molecule has 1 unspecified atom stereocenters. The molecule has 0 N–H and O–H groups in total. The van der Waals surface area contributed by atoms with Crippen LogP contribution in [0.15, 0.2) is 23.2 Å². The maximum absolute atomic E-state index is 6.18. The molecule has 1 rings (SSSR count). The van der Waals surface area contributed by atoms with E-state index in [1.165, 1.54) is 0 Å². The number of hydrogen-bond acceptors (Lipinski definition) is 2. The van der Waals surface area contributed by atoms with Crippen LogP contribution in [0, 0.1) is 0 Å². The molecule has 2 nitrogen and oxygen atoms in total. The Balaban J connectivity index is 2.61. The van der Waals surface area contributed by atoms with Crippen molar-refractivity contribution >= 4 is 25.7 Å². The molecular weight excluding hydrogens is 236 g/mol. The molecule has 1 aliphatic rings. The fourth-order valence-corrected chi connectivity index (χ4v) is 8.29. The van der Waals surface area contributed by atoms with E-state index < -0.39 is 25.7 Å². The van der Waals surface area contributed by atoms with Gasteiger partial charge in [-0.3, -0.25) is 0 Å². The lowest BCUT2D eigenvalue weighted by Gasteiger charge is -2.28. The first-order chi connectivity index (χ1) is 6.67. The molecule has 0 saturated heterocycles. The van der Waals surface area contributed by atoms with Gasteiger partial charge in [-0.05, 0) is 45.4 Å². The first-order valence-electron chi connectivity index (χ1n) is 5.43. The highest BCUT2D eigenvalue weighted by Crippen LogP contribution is 2.21. The van der Waals surface area contributed by atoms with Crippen molar-refractivity contribution < 1.29 is 8.54 Å². The zero-order chi connectivity index (χ0) is 11.7. The van der Waals surface area contributed by atoms with Crippen molar-refractivity contribution in [1.82, 2.24) is 0 Å². The van der Waals surface area contributed by atoms with Crippen molar-refractivity contribution in [1.29, 1.82) is 0 Å². The summed E-state index contributed by atoms with van der Waals surface area (Å²) in [5.41, 5.74) is 2.22. The monoisotopic (exact) mass is 258 g/mol. The summed E-state index contributed by atoms with van der Waals surface area (Å²) in [6.45, 7) is 13.3. The first-order valence-corrected chi connectivity index (χ1v) is 14.0. The lowest BCUT2D eigenvalue weighted by atomic mass is 10.6. The van der Waals surface area contributed by atoms with Crippen molar-refractivity contribution in [3.63, 3.8) is 0 Å². The highest BCUT2D eigenvalue weighted by molar-refractivity contribution is 6.82. The molecule has 15 heavy (non-hydrogen) atoms. The summed E-state index contributed by atoms with van der Waals surface area (Å²) < 4.78 is 12.2. The van der Waals surface area contributed by atoms with E-state index in [9.17, 15) is 0 Å².